The van der Waals surface area contributed by atoms with Crippen LogP contribution in [0.25, 0.3) is 10.6 Å². The topological polar surface area (TPSA) is 71.5 Å². The van der Waals surface area contributed by atoms with Crippen molar-refractivity contribution in [3.8, 4) is 10.6 Å². The third-order valence-corrected chi connectivity index (χ3v) is 5.35. The van der Waals surface area contributed by atoms with E-state index in [1.807, 2.05) is 35.7 Å². The van der Waals surface area contributed by atoms with Crippen molar-refractivity contribution >= 4 is 23.2 Å². The molecule has 2 amide bonds. The molecule has 1 N–H and O–H groups in total. The minimum atomic E-state index is -0.383. The number of carbonyl (C=O) groups excluding carboxylic acids is 2. The van der Waals surface area contributed by atoms with Crippen LogP contribution in [-0.4, -0.2) is 48.0 Å². The molecule has 1 fully saturated rings. The highest BCUT2D eigenvalue weighted by molar-refractivity contribution is 7.13. The lowest BCUT2D eigenvalue weighted by Crippen LogP contribution is -2.46. The van der Waals surface area contributed by atoms with Crippen molar-refractivity contribution in [1.82, 2.24) is 15.2 Å². The largest absolute Gasteiger partial charge is 0.384 e. The molecule has 0 bridgehead atoms. The van der Waals surface area contributed by atoms with E-state index < -0.39 is 0 Å². The van der Waals surface area contributed by atoms with Crippen LogP contribution in [0.1, 0.15) is 25.0 Å². The minimum Gasteiger partial charge on any atom is -0.384 e. The number of hydrogen-bond donors (Lipinski definition) is 1. The van der Waals surface area contributed by atoms with Gasteiger partial charge >= 0.3 is 0 Å². The molecule has 2 heterocycles. The highest BCUT2D eigenvalue weighted by Crippen LogP contribution is 2.23. The van der Waals surface area contributed by atoms with Crippen LogP contribution in [0.3, 0.4) is 0 Å². The van der Waals surface area contributed by atoms with Crippen LogP contribution >= 0.6 is 11.3 Å². The smallest absolute Gasteiger partial charge is 0.243 e. The van der Waals surface area contributed by atoms with E-state index in [4.69, 9.17) is 4.74 Å². The number of likely N-dealkylation sites (tertiary alicyclic amines) is 1. The summed E-state index contributed by atoms with van der Waals surface area (Å²) >= 11 is 1.56. The second-order valence-corrected chi connectivity index (χ2v) is 7.07. The zero-order valence-electron chi connectivity index (χ0n) is 14.8. The molecule has 1 aliphatic rings. The lowest BCUT2D eigenvalue weighted by molar-refractivity contribution is -0.139. The molecular weight excluding hydrogens is 350 g/mol. The van der Waals surface area contributed by atoms with E-state index in [0.717, 1.165) is 22.7 Å². The molecule has 138 valence electrons. The summed E-state index contributed by atoms with van der Waals surface area (Å²) in [5.74, 6) is -0.132. The first-order chi connectivity index (χ1) is 12.7. The van der Waals surface area contributed by atoms with Crippen LogP contribution in [0.2, 0.25) is 0 Å². The quantitative estimate of drug-likeness (QED) is 0.809. The van der Waals surface area contributed by atoms with Crippen molar-refractivity contribution < 1.29 is 14.3 Å². The minimum absolute atomic E-state index is 0.0236. The van der Waals surface area contributed by atoms with E-state index in [1.54, 1.807) is 23.3 Å². The molecule has 1 unspecified atom stereocenters. The van der Waals surface area contributed by atoms with Gasteiger partial charge in [-0.25, -0.2) is 4.98 Å². The molecule has 0 radical (unpaired) electrons. The molecule has 0 aliphatic carbocycles. The molecule has 0 spiro atoms. The van der Waals surface area contributed by atoms with Crippen LogP contribution in [0, 0.1) is 0 Å². The fraction of sp³-hybridized carbons (Fsp3) is 0.421. The Kier molecular flexibility index (Phi) is 6.35. The van der Waals surface area contributed by atoms with E-state index in [-0.39, 0.29) is 17.9 Å². The Morgan fingerprint density at radius 3 is 2.92 bits per heavy atom. The zero-order valence-corrected chi connectivity index (χ0v) is 15.6. The van der Waals surface area contributed by atoms with Gasteiger partial charge in [0.15, 0.2) is 0 Å². The molecule has 7 heteroatoms. The highest BCUT2D eigenvalue weighted by Gasteiger charge is 2.33. The molecule has 1 atom stereocenters. The summed E-state index contributed by atoms with van der Waals surface area (Å²) in [6.07, 6.45) is 1.87. The van der Waals surface area contributed by atoms with Gasteiger partial charge in [0, 0.05) is 24.6 Å². The number of methoxy groups -OCH3 is 1. The average Bonchev–Trinajstić information content (AvgIpc) is 3.34. The van der Waals surface area contributed by atoms with E-state index in [1.165, 1.54) is 0 Å². The zero-order chi connectivity index (χ0) is 18.4. The van der Waals surface area contributed by atoms with Gasteiger partial charge < -0.3 is 15.0 Å². The second kappa shape index (κ2) is 8.91. The summed E-state index contributed by atoms with van der Waals surface area (Å²) in [4.78, 5) is 31.0. The Hall–Kier alpha value is -2.25. The van der Waals surface area contributed by atoms with Gasteiger partial charge in [0.1, 0.15) is 11.0 Å². The van der Waals surface area contributed by atoms with Crippen molar-refractivity contribution in [3.05, 3.63) is 41.4 Å². The lowest BCUT2D eigenvalue weighted by atomic mass is 10.2. The molecule has 3 rings (SSSR count). The number of amides is 2. The molecule has 0 saturated carbocycles. The average molecular weight is 373 g/mol. The maximum Gasteiger partial charge on any atom is 0.243 e. The van der Waals surface area contributed by atoms with Crippen LogP contribution in [0.4, 0.5) is 0 Å². The Morgan fingerprint density at radius 2 is 2.15 bits per heavy atom. The fourth-order valence-electron chi connectivity index (χ4n) is 3.07. The van der Waals surface area contributed by atoms with Gasteiger partial charge in [-0.1, -0.05) is 30.3 Å². The summed E-state index contributed by atoms with van der Waals surface area (Å²) in [5, 5.41) is 5.82. The standard InChI is InChI=1S/C19H23N3O3S/c1-25-11-9-17(23)22-10-5-8-16(22)18(24)20-12-15-13-26-19(21-15)14-6-3-2-4-7-14/h2-4,6-7,13,16H,5,8-12H2,1H3,(H,20,24). The summed E-state index contributed by atoms with van der Waals surface area (Å²) < 4.78 is 4.96. The molecule has 6 nitrogen and oxygen atoms in total. The Balaban J connectivity index is 1.55. The monoisotopic (exact) mass is 373 g/mol. The van der Waals surface area contributed by atoms with E-state index in [9.17, 15) is 9.59 Å². The van der Waals surface area contributed by atoms with Crippen molar-refractivity contribution in [2.75, 3.05) is 20.3 Å². The maximum absolute atomic E-state index is 12.5. The van der Waals surface area contributed by atoms with Crippen LogP contribution in [0.5, 0.6) is 0 Å². The third-order valence-electron chi connectivity index (χ3n) is 4.41. The number of ether oxygens (including phenoxy) is 1. The summed E-state index contributed by atoms with van der Waals surface area (Å²) in [7, 11) is 1.57. The molecule has 1 saturated heterocycles. The first-order valence-corrected chi connectivity index (χ1v) is 9.63. The molecule has 1 aliphatic heterocycles. The first-order valence-electron chi connectivity index (χ1n) is 8.75. The van der Waals surface area contributed by atoms with Crippen molar-refractivity contribution in [2.45, 2.75) is 31.8 Å². The van der Waals surface area contributed by atoms with Crippen LogP contribution < -0.4 is 5.32 Å². The van der Waals surface area contributed by atoms with Gasteiger partial charge in [0.2, 0.25) is 11.8 Å². The molecule has 1 aromatic carbocycles. The number of thiazole rings is 1. The van der Waals surface area contributed by atoms with Gasteiger partial charge in [-0.2, -0.15) is 0 Å². The Labute approximate surface area is 157 Å². The Morgan fingerprint density at radius 1 is 1.35 bits per heavy atom. The number of rotatable bonds is 7. The predicted octanol–water partition coefficient (Wildman–Crippen LogP) is 2.45. The van der Waals surface area contributed by atoms with Gasteiger partial charge in [-0.05, 0) is 12.8 Å². The van der Waals surface area contributed by atoms with E-state index in [2.05, 4.69) is 10.3 Å². The predicted molar refractivity (Wildman–Crippen MR) is 101 cm³/mol. The first kappa shape index (κ1) is 18.5. The SMILES string of the molecule is COCCC(=O)N1CCCC1C(=O)NCc1csc(-c2ccccc2)n1. The number of aromatic nitrogens is 1. The molecular formula is C19H23N3O3S. The second-order valence-electron chi connectivity index (χ2n) is 6.22. The molecule has 2 aromatic rings. The van der Waals surface area contributed by atoms with Crippen molar-refractivity contribution in [2.24, 2.45) is 0 Å². The van der Waals surface area contributed by atoms with Crippen LogP contribution in [-0.2, 0) is 20.9 Å². The Bertz CT molecular complexity index is 747. The van der Waals surface area contributed by atoms with Crippen LogP contribution in [0.15, 0.2) is 35.7 Å². The highest BCUT2D eigenvalue weighted by atomic mass is 32.1. The van der Waals surface area contributed by atoms with E-state index >= 15 is 0 Å². The van der Waals surface area contributed by atoms with Gasteiger partial charge in [-0.3, -0.25) is 9.59 Å². The van der Waals surface area contributed by atoms with Gasteiger partial charge in [-0.15, -0.1) is 11.3 Å². The number of nitrogens with zero attached hydrogens (tertiary/aromatic N) is 2. The van der Waals surface area contributed by atoms with Gasteiger partial charge in [0.25, 0.3) is 0 Å². The van der Waals surface area contributed by atoms with Gasteiger partial charge in [0.05, 0.1) is 25.3 Å². The van der Waals surface area contributed by atoms with Crippen molar-refractivity contribution in [1.29, 1.82) is 0 Å². The summed E-state index contributed by atoms with van der Waals surface area (Å²) in [6.45, 7) is 1.39. The molecule has 1 aromatic heterocycles. The number of carbonyl (C=O) groups is 2. The summed E-state index contributed by atoms with van der Waals surface area (Å²) in [6, 6.07) is 9.58. The van der Waals surface area contributed by atoms with Crippen molar-refractivity contribution in [3.63, 3.8) is 0 Å². The third kappa shape index (κ3) is 4.47. The number of benzene rings is 1. The number of hydrogen-bond acceptors (Lipinski definition) is 5. The van der Waals surface area contributed by atoms with E-state index in [0.29, 0.717) is 32.5 Å². The normalized spacial score (nSPS) is 16.7. The molecule has 26 heavy (non-hydrogen) atoms. The fourth-order valence-corrected chi connectivity index (χ4v) is 3.89. The number of nitrogens with one attached hydrogen (secondary N) is 1. The summed E-state index contributed by atoms with van der Waals surface area (Å²) in [5.41, 5.74) is 1.90. The maximum atomic E-state index is 12.5. The lowest BCUT2D eigenvalue weighted by Gasteiger charge is -2.23.